The number of hydrogen-bond donors (Lipinski definition) is 3. The first-order valence-corrected chi connectivity index (χ1v) is 8.86. The number of H-pyrrole nitrogens is 1. The molecule has 1 unspecified atom stereocenters. The first kappa shape index (κ1) is 18.6. The standard InChI is InChI=1S/C19H23N5O3/c1-11(2)21-19(26)16(23-18(25)9-17-22-12(3)27-24-17)8-13-10-20-15-7-5-4-6-14(13)15/h4-7,10-11,16,20H,8-9H2,1-3H3,(H,21,26)(H,23,25). The fraction of sp³-hybridized carbons (Fsp3) is 0.368. The van der Waals surface area contributed by atoms with Crippen LogP contribution in [0.4, 0.5) is 0 Å². The lowest BCUT2D eigenvalue weighted by atomic mass is 10.0. The third kappa shape index (κ3) is 4.72. The molecule has 2 aromatic heterocycles. The molecular weight excluding hydrogens is 346 g/mol. The molecule has 0 radical (unpaired) electrons. The Balaban J connectivity index is 1.76. The van der Waals surface area contributed by atoms with Crippen molar-refractivity contribution in [3.63, 3.8) is 0 Å². The van der Waals surface area contributed by atoms with Crippen molar-refractivity contribution in [2.75, 3.05) is 0 Å². The number of carbonyl (C=O) groups excluding carboxylic acids is 2. The maximum atomic E-state index is 12.6. The van der Waals surface area contributed by atoms with Crippen LogP contribution in [0.15, 0.2) is 35.0 Å². The highest BCUT2D eigenvalue weighted by Crippen LogP contribution is 2.19. The third-order valence-electron chi connectivity index (χ3n) is 4.07. The molecular formula is C19H23N5O3. The van der Waals surface area contributed by atoms with E-state index in [0.29, 0.717) is 18.1 Å². The van der Waals surface area contributed by atoms with Gasteiger partial charge in [-0.1, -0.05) is 23.4 Å². The lowest BCUT2D eigenvalue weighted by Crippen LogP contribution is -2.50. The third-order valence-corrected chi connectivity index (χ3v) is 4.07. The SMILES string of the molecule is Cc1nc(CC(=O)NC(Cc2c[nH]c3ccccc23)C(=O)NC(C)C)no1. The van der Waals surface area contributed by atoms with E-state index < -0.39 is 6.04 Å². The summed E-state index contributed by atoms with van der Waals surface area (Å²) >= 11 is 0. The zero-order valence-electron chi connectivity index (χ0n) is 15.6. The van der Waals surface area contributed by atoms with Crippen molar-refractivity contribution in [2.45, 2.75) is 45.7 Å². The van der Waals surface area contributed by atoms with Crippen molar-refractivity contribution < 1.29 is 14.1 Å². The molecule has 0 saturated carbocycles. The predicted octanol–water partition coefficient (Wildman–Crippen LogP) is 1.65. The van der Waals surface area contributed by atoms with Gasteiger partial charge in [-0.3, -0.25) is 9.59 Å². The Hall–Kier alpha value is -3.16. The number of fused-ring (bicyclic) bond motifs is 1. The monoisotopic (exact) mass is 369 g/mol. The molecule has 27 heavy (non-hydrogen) atoms. The van der Waals surface area contributed by atoms with E-state index in [9.17, 15) is 9.59 Å². The Kier molecular flexibility index (Phi) is 5.54. The average Bonchev–Trinajstić information content (AvgIpc) is 3.20. The van der Waals surface area contributed by atoms with Gasteiger partial charge in [-0.15, -0.1) is 0 Å². The molecule has 8 heteroatoms. The predicted molar refractivity (Wildman–Crippen MR) is 100.0 cm³/mol. The summed E-state index contributed by atoms with van der Waals surface area (Å²) in [6.45, 7) is 5.42. The lowest BCUT2D eigenvalue weighted by Gasteiger charge is -2.19. The van der Waals surface area contributed by atoms with E-state index in [1.165, 1.54) is 0 Å². The number of amides is 2. The summed E-state index contributed by atoms with van der Waals surface area (Å²) < 4.78 is 4.88. The normalized spacial score (nSPS) is 12.3. The Morgan fingerprint density at radius 3 is 2.70 bits per heavy atom. The van der Waals surface area contributed by atoms with Crippen LogP contribution in [0.3, 0.4) is 0 Å². The van der Waals surface area contributed by atoms with Crippen LogP contribution in [0, 0.1) is 6.92 Å². The summed E-state index contributed by atoms with van der Waals surface area (Å²) in [6.07, 6.45) is 2.20. The van der Waals surface area contributed by atoms with Gasteiger partial charge in [0.1, 0.15) is 6.04 Å². The molecule has 8 nitrogen and oxygen atoms in total. The molecule has 0 aliphatic heterocycles. The van der Waals surface area contributed by atoms with E-state index in [2.05, 4.69) is 25.8 Å². The average molecular weight is 369 g/mol. The van der Waals surface area contributed by atoms with Crippen molar-refractivity contribution in [2.24, 2.45) is 0 Å². The van der Waals surface area contributed by atoms with E-state index >= 15 is 0 Å². The Morgan fingerprint density at radius 2 is 2.00 bits per heavy atom. The first-order chi connectivity index (χ1) is 12.9. The van der Waals surface area contributed by atoms with Gasteiger partial charge in [-0.2, -0.15) is 4.98 Å². The molecule has 0 aliphatic rings. The van der Waals surface area contributed by atoms with Crippen LogP contribution in [0.5, 0.6) is 0 Å². The summed E-state index contributed by atoms with van der Waals surface area (Å²) in [5, 5.41) is 10.4. The molecule has 3 aromatic rings. The molecule has 0 aliphatic carbocycles. The van der Waals surface area contributed by atoms with Gasteiger partial charge in [-0.25, -0.2) is 0 Å². The van der Waals surface area contributed by atoms with Gasteiger partial charge in [0.25, 0.3) is 0 Å². The summed E-state index contributed by atoms with van der Waals surface area (Å²) in [5.41, 5.74) is 1.95. The minimum Gasteiger partial charge on any atom is -0.361 e. The number of hydrogen-bond acceptors (Lipinski definition) is 5. The number of aromatic nitrogens is 3. The van der Waals surface area contributed by atoms with Crippen molar-refractivity contribution >= 4 is 22.7 Å². The van der Waals surface area contributed by atoms with E-state index in [4.69, 9.17) is 4.52 Å². The van der Waals surface area contributed by atoms with Crippen molar-refractivity contribution in [1.82, 2.24) is 25.8 Å². The number of nitrogens with zero attached hydrogens (tertiary/aromatic N) is 2. The van der Waals surface area contributed by atoms with Crippen LogP contribution in [-0.2, 0) is 22.4 Å². The van der Waals surface area contributed by atoms with Crippen LogP contribution in [0.25, 0.3) is 10.9 Å². The number of carbonyl (C=O) groups is 2. The molecule has 1 aromatic carbocycles. The number of rotatable bonds is 7. The summed E-state index contributed by atoms with van der Waals surface area (Å²) in [6, 6.07) is 7.12. The minimum absolute atomic E-state index is 0.0280. The second-order valence-corrected chi connectivity index (χ2v) is 6.75. The molecule has 0 bridgehead atoms. The van der Waals surface area contributed by atoms with Gasteiger partial charge in [0.05, 0.1) is 6.42 Å². The fourth-order valence-electron chi connectivity index (χ4n) is 2.92. The zero-order valence-corrected chi connectivity index (χ0v) is 15.6. The number of para-hydroxylation sites is 1. The van der Waals surface area contributed by atoms with Gasteiger partial charge in [0.15, 0.2) is 5.82 Å². The summed E-state index contributed by atoms with van der Waals surface area (Å²) in [4.78, 5) is 32.2. The minimum atomic E-state index is -0.702. The molecule has 2 amide bonds. The number of aryl methyl sites for hydroxylation is 1. The van der Waals surface area contributed by atoms with Crippen LogP contribution < -0.4 is 10.6 Å². The fourth-order valence-corrected chi connectivity index (χ4v) is 2.92. The Labute approximate surface area is 156 Å². The van der Waals surface area contributed by atoms with Gasteiger partial charge >= 0.3 is 0 Å². The molecule has 0 fully saturated rings. The van der Waals surface area contributed by atoms with Crippen LogP contribution in [-0.4, -0.2) is 39.0 Å². The molecule has 2 heterocycles. The summed E-state index contributed by atoms with van der Waals surface area (Å²) in [7, 11) is 0. The van der Waals surface area contributed by atoms with Crippen LogP contribution in [0.2, 0.25) is 0 Å². The number of benzene rings is 1. The Morgan fingerprint density at radius 1 is 1.22 bits per heavy atom. The van der Waals surface area contributed by atoms with E-state index in [0.717, 1.165) is 16.5 Å². The lowest BCUT2D eigenvalue weighted by molar-refractivity contribution is -0.129. The maximum absolute atomic E-state index is 12.6. The van der Waals surface area contributed by atoms with Crippen LogP contribution >= 0.6 is 0 Å². The smallest absolute Gasteiger partial charge is 0.243 e. The van der Waals surface area contributed by atoms with Crippen molar-refractivity contribution in [3.05, 3.63) is 47.7 Å². The summed E-state index contributed by atoms with van der Waals surface area (Å²) in [5.74, 6) is 0.123. The van der Waals surface area contributed by atoms with E-state index in [1.807, 2.05) is 44.3 Å². The molecule has 3 rings (SSSR count). The van der Waals surface area contributed by atoms with Gasteiger partial charge in [0, 0.05) is 36.5 Å². The van der Waals surface area contributed by atoms with Gasteiger partial charge in [-0.05, 0) is 25.5 Å². The molecule has 0 spiro atoms. The van der Waals surface area contributed by atoms with Crippen LogP contribution in [0.1, 0.15) is 31.1 Å². The highest BCUT2D eigenvalue weighted by atomic mass is 16.5. The van der Waals surface area contributed by atoms with E-state index in [1.54, 1.807) is 6.92 Å². The molecule has 1 atom stereocenters. The Bertz CT molecular complexity index is 944. The maximum Gasteiger partial charge on any atom is 0.243 e. The topological polar surface area (TPSA) is 113 Å². The number of aromatic amines is 1. The van der Waals surface area contributed by atoms with Crippen molar-refractivity contribution in [1.29, 1.82) is 0 Å². The molecule has 0 saturated heterocycles. The zero-order chi connectivity index (χ0) is 19.4. The first-order valence-electron chi connectivity index (χ1n) is 8.86. The van der Waals surface area contributed by atoms with E-state index in [-0.39, 0.29) is 24.3 Å². The second-order valence-electron chi connectivity index (χ2n) is 6.75. The highest BCUT2D eigenvalue weighted by Gasteiger charge is 2.24. The van der Waals surface area contributed by atoms with Gasteiger partial charge in [0.2, 0.25) is 17.7 Å². The largest absolute Gasteiger partial charge is 0.361 e. The van der Waals surface area contributed by atoms with Gasteiger partial charge < -0.3 is 20.1 Å². The number of nitrogens with one attached hydrogen (secondary N) is 3. The quantitative estimate of drug-likeness (QED) is 0.586. The molecule has 142 valence electrons. The molecule has 3 N–H and O–H groups in total. The van der Waals surface area contributed by atoms with Crippen molar-refractivity contribution in [3.8, 4) is 0 Å². The second kappa shape index (κ2) is 8.03. The highest BCUT2D eigenvalue weighted by molar-refractivity contribution is 5.90.